The van der Waals surface area contributed by atoms with Crippen LogP contribution in [0.15, 0.2) is 65.3 Å². The van der Waals surface area contributed by atoms with E-state index in [0.29, 0.717) is 11.3 Å². The van der Waals surface area contributed by atoms with Crippen molar-refractivity contribution in [1.82, 2.24) is 5.16 Å². The summed E-state index contributed by atoms with van der Waals surface area (Å²) in [6.45, 7) is 6.14. The van der Waals surface area contributed by atoms with Crippen LogP contribution in [0.3, 0.4) is 0 Å². The Morgan fingerprint density at radius 3 is 2.36 bits per heavy atom. The number of aromatic nitrogens is 1. The molecule has 0 spiro atoms. The van der Waals surface area contributed by atoms with Crippen LogP contribution in [-0.2, 0) is 0 Å². The first-order valence-corrected chi connectivity index (χ1v) is 8.39. The summed E-state index contributed by atoms with van der Waals surface area (Å²) in [4.78, 5) is 14.8. The molecule has 0 aliphatic carbocycles. The summed E-state index contributed by atoms with van der Waals surface area (Å²) in [5.74, 6) is 0.230. The van der Waals surface area contributed by atoms with Crippen molar-refractivity contribution in [2.75, 3.05) is 23.3 Å². The molecule has 3 rings (SSSR count). The van der Waals surface area contributed by atoms with Crippen molar-refractivity contribution in [3.63, 3.8) is 0 Å². The molecule has 3 aromatic rings. The number of rotatable bonds is 6. The fourth-order valence-corrected chi connectivity index (χ4v) is 2.74. The monoisotopic (exact) mass is 335 g/mol. The lowest BCUT2D eigenvalue weighted by molar-refractivity contribution is 0.102. The molecular weight excluding hydrogens is 314 g/mol. The van der Waals surface area contributed by atoms with E-state index in [1.165, 1.54) is 6.20 Å². The van der Waals surface area contributed by atoms with E-state index >= 15 is 0 Å². The third-order valence-electron chi connectivity index (χ3n) is 4.10. The molecule has 0 unspecified atom stereocenters. The van der Waals surface area contributed by atoms with E-state index in [1.807, 2.05) is 54.6 Å². The first-order chi connectivity index (χ1) is 12.2. The summed E-state index contributed by atoms with van der Waals surface area (Å²) in [6.07, 6.45) is 1.45. The Kier molecular flexibility index (Phi) is 5.14. The van der Waals surface area contributed by atoms with Crippen LogP contribution in [0.25, 0.3) is 11.3 Å². The van der Waals surface area contributed by atoms with Gasteiger partial charge in [-0.2, -0.15) is 0 Å². The van der Waals surface area contributed by atoms with Gasteiger partial charge >= 0.3 is 0 Å². The predicted octanol–water partition coefficient (Wildman–Crippen LogP) is 4.44. The third kappa shape index (κ3) is 3.71. The zero-order valence-electron chi connectivity index (χ0n) is 14.4. The summed E-state index contributed by atoms with van der Waals surface area (Å²) in [7, 11) is 0. The van der Waals surface area contributed by atoms with Crippen molar-refractivity contribution in [2.45, 2.75) is 13.8 Å². The van der Waals surface area contributed by atoms with Crippen LogP contribution in [-0.4, -0.2) is 24.2 Å². The van der Waals surface area contributed by atoms with E-state index < -0.39 is 0 Å². The number of amides is 1. The summed E-state index contributed by atoms with van der Waals surface area (Å²) in [5, 5.41) is 6.68. The molecular formula is C20H21N3O2. The maximum absolute atomic E-state index is 12.6. The van der Waals surface area contributed by atoms with Crippen LogP contribution in [0, 0.1) is 0 Å². The highest BCUT2D eigenvalue weighted by molar-refractivity contribution is 6.07. The quantitative estimate of drug-likeness (QED) is 0.723. The molecule has 1 amide bonds. The van der Waals surface area contributed by atoms with Crippen molar-refractivity contribution in [3.05, 3.63) is 66.4 Å². The van der Waals surface area contributed by atoms with Gasteiger partial charge in [0.15, 0.2) is 5.76 Å². The lowest BCUT2D eigenvalue weighted by Gasteiger charge is -2.21. The van der Waals surface area contributed by atoms with Crippen LogP contribution in [0.5, 0.6) is 0 Å². The fraction of sp³-hybridized carbons (Fsp3) is 0.200. The number of carbonyl (C=O) groups is 1. The molecule has 0 radical (unpaired) electrons. The zero-order valence-corrected chi connectivity index (χ0v) is 14.4. The van der Waals surface area contributed by atoms with Crippen LogP contribution < -0.4 is 10.2 Å². The highest BCUT2D eigenvalue weighted by Gasteiger charge is 2.17. The molecule has 0 fully saturated rings. The minimum absolute atomic E-state index is 0.240. The number of hydrogen-bond acceptors (Lipinski definition) is 4. The highest BCUT2D eigenvalue weighted by atomic mass is 16.5. The molecule has 0 aliphatic rings. The van der Waals surface area contributed by atoms with Gasteiger partial charge in [-0.3, -0.25) is 4.79 Å². The van der Waals surface area contributed by atoms with Gasteiger partial charge in [0, 0.05) is 30.0 Å². The molecule has 1 heterocycles. The molecule has 25 heavy (non-hydrogen) atoms. The molecule has 5 nitrogen and oxygen atoms in total. The van der Waals surface area contributed by atoms with Crippen LogP contribution in [0.1, 0.15) is 24.2 Å². The Bertz CT molecular complexity index is 822. The second-order valence-corrected chi connectivity index (χ2v) is 5.61. The smallest absolute Gasteiger partial charge is 0.261 e. The first kappa shape index (κ1) is 16.8. The van der Waals surface area contributed by atoms with Gasteiger partial charge < -0.3 is 14.7 Å². The van der Waals surface area contributed by atoms with Crippen molar-refractivity contribution in [3.8, 4) is 11.3 Å². The molecule has 2 aromatic carbocycles. The van der Waals surface area contributed by atoms with E-state index in [2.05, 4.69) is 29.2 Å². The molecule has 0 aliphatic heterocycles. The van der Waals surface area contributed by atoms with E-state index in [0.717, 1.165) is 30.0 Å². The lowest BCUT2D eigenvalue weighted by atomic mass is 10.1. The Balaban J connectivity index is 1.76. The van der Waals surface area contributed by atoms with Gasteiger partial charge in [0.1, 0.15) is 5.56 Å². The largest absolute Gasteiger partial charge is 0.372 e. The SMILES string of the molecule is CCN(CC)c1ccc(NC(=O)c2cnoc2-c2ccccc2)cc1. The number of nitrogens with zero attached hydrogens (tertiary/aromatic N) is 2. The molecule has 1 N–H and O–H groups in total. The summed E-state index contributed by atoms with van der Waals surface area (Å²) in [6, 6.07) is 17.3. The lowest BCUT2D eigenvalue weighted by Crippen LogP contribution is -2.21. The van der Waals surface area contributed by atoms with Gasteiger partial charge in [-0.1, -0.05) is 35.5 Å². The topological polar surface area (TPSA) is 58.4 Å². The van der Waals surface area contributed by atoms with Gasteiger partial charge in [0.05, 0.1) is 6.20 Å². The van der Waals surface area contributed by atoms with Crippen molar-refractivity contribution in [2.24, 2.45) is 0 Å². The van der Waals surface area contributed by atoms with Gasteiger partial charge in [-0.25, -0.2) is 0 Å². The molecule has 0 bridgehead atoms. The second kappa shape index (κ2) is 7.66. The maximum Gasteiger partial charge on any atom is 0.261 e. The number of hydrogen-bond donors (Lipinski definition) is 1. The summed E-state index contributed by atoms with van der Waals surface area (Å²) in [5.41, 5.74) is 3.11. The Morgan fingerprint density at radius 1 is 1.04 bits per heavy atom. The maximum atomic E-state index is 12.6. The van der Waals surface area contributed by atoms with E-state index in [-0.39, 0.29) is 5.91 Å². The number of benzene rings is 2. The van der Waals surface area contributed by atoms with Crippen molar-refractivity contribution < 1.29 is 9.32 Å². The zero-order chi connectivity index (χ0) is 17.6. The molecule has 0 saturated heterocycles. The average molecular weight is 335 g/mol. The standard InChI is InChI=1S/C20H21N3O2/c1-3-23(4-2)17-12-10-16(11-13-17)22-20(24)18-14-21-25-19(18)15-8-6-5-7-9-15/h5-14H,3-4H2,1-2H3,(H,22,24). The summed E-state index contributed by atoms with van der Waals surface area (Å²) >= 11 is 0. The third-order valence-corrected chi connectivity index (χ3v) is 4.10. The molecule has 1 aromatic heterocycles. The van der Waals surface area contributed by atoms with Gasteiger partial charge in [0.25, 0.3) is 5.91 Å². The molecule has 0 saturated carbocycles. The van der Waals surface area contributed by atoms with Gasteiger partial charge in [-0.15, -0.1) is 0 Å². The molecule has 128 valence electrons. The first-order valence-electron chi connectivity index (χ1n) is 8.39. The minimum atomic E-state index is -0.240. The van der Waals surface area contributed by atoms with Crippen LogP contribution in [0.4, 0.5) is 11.4 Å². The van der Waals surface area contributed by atoms with E-state index in [4.69, 9.17) is 4.52 Å². The molecule has 5 heteroatoms. The Labute approximate surface area is 147 Å². The normalized spacial score (nSPS) is 10.5. The minimum Gasteiger partial charge on any atom is -0.372 e. The molecule has 0 atom stereocenters. The predicted molar refractivity (Wildman–Crippen MR) is 99.9 cm³/mol. The Morgan fingerprint density at radius 2 is 1.72 bits per heavy atom. The van der Waals surface area contributed by atoms with Crippen LogP contribution in [0.2, 0.25) is 0 Å². The second-order valence-electron chi connectivity index (χ2n) is 5.61. The van der Waals surface area contributed by atoms with E-state index in [9.17, 15) is 4.79 Å². The van der Waals surface area contributed by atoms with Crippen molar-refractivity contribution in [1.29, 1.82) is 0 Å². The number of anilines is 2. The van der Waals surface area contributed by atoms with Crippen molar-refractivity contribution >= 4 is 17.3 Å². The van der Waals surface area contributed by atoms with Gasteiger partial charge in [-0.05, 0) is 38.1 Å². The average Bonchev–Trinajstić information content (AvgIpc) is 3.15. The van der Waals surface area contributed by atoms with Gasteiger partial charge in [0.2, 0.25) is 0 Å². The van der Waals surface area contributed by atoms with Crippen LogP contribution >= 0.6 is 0 Å². The fourth-order valence-electron chi connectivity index (χ4n) is 2.74. The number of carbonyl (C=O) groups excluding carboxylic acids is 1. The summed E-state index contributed by atoms with van der Waals surface area (Å²) < 4.78 is 5.27. The van der Waals surface area contributed by atoms with E-state index in [1.54, 1.807) is 0 Å². The number of nitrogens with one attached hydrogen (secondary N) is 1. The Hall–Kier alpha value is -3.08. The highest BCUT2D eigenvalue weighted by Crippen LogP contribution is 2.24.